The Morgan fingerprint density at radius 3 is 2.75 bits per heavy atom. The van der Waals surface area contributed by atoms with E-state index >= 15 is 0 Å². The van der Waals surface area contributed by atoms with Gasteiger partial charge in [-0.3, -0.25) is 0 Å². The lowest BCUT2D eigenvalue weighted by molar-refractivity contribution is 0.0496. The van der Waals surface area contributed by atoms with Gasteiger partial charge in [0.25, 0.3) is 0 Å². The summed E-state index contributed by atoms with van der Waals surface area (Å²) in [5.41, 5.74) is 0.588. The number of benzene rings is 1. The van der Waals surface area contributed by atoms with Crippen LogP contribution in [-0.4, -0.2) is 19.8 Å². The number of methoxy groups -OCH3 is 1. The number of ether oxygens (including phenoxy) is 1. The third-order valence-corrected chi connectivity index (χ3v) is 4.96. The maximum absolute atomic E-state index is 14.5. The van der Waals surface area contributed by atoms with E-state index in [0.29, 0.717) is 16.0 Å². The van der Waals surface area contributed by atoms with Gasteiger partial charge in [-0.05, 0) is 53.7 Å². The van der Waals surface area contributed by atoms with E-state index in [4.69, 9.17) is 16.3 Å². The molecule has 5 heteroatoms. The first kappa shape index (κ1) is 16.2. The predicted octanol–water partition coefficient (Wildman–Crippen LogP) is 4.71. The predicted molar refractivity (Wildman–Crippen MR) is 83.7 cm³/mol. The fourth-order valence-corrected chi connectivity index (χ4v) is 2.99. The van der Waals surface area contributed by atoms with Crippen LogP contribution in [0.5, 0.6) is 0 Å². The summed E-state index contributed by atoms with van der Waals surface area (Å²) in [6, 6.07) is 3.42. The summed E-state index contributed by atoms with van der Waals surface area (Å²) in [5, 5.41) is 3.54. The molecule has 1 aliphatic carbocycles. The summed E-state index contributed by atoms with van der Waals surface area (Å²) in [5.74, 6) is 0.147. The van der Waals surface area contributed by atoms with Crippen LogP contribution in [-0.2, 0) is 4.74 Å². The Morgan fingerprint density at radius 1 is 1.50 bits per heavy atom. The highest BCUT2D eigenvalue weighted by Gasteiger charge is 2.38. The van der Waals surface area contributed by atoms with Crippen LogP contribution in [0.4, 0.5) is 4.39 Å². The van der Waals surface area contributed by atoms with Crippen molar-refractivity contribution in [2.24, 2.45) is 5.92 Å². The van der Waals surface area contributed by atoms with E-state index in [1.807, 2.05) is 0 Å². The minimum absolute atomic E-state index is 0.00621. The van der Waals surface area contributed by atoms with Gasteiger partial charge in [0.15, 0.2) is 0 Å². The Bertz CT molecular complexity index is 467. The first-order chi connectivity index (χ1) is 9.60. The third-order valence-electron chi connectivity index (χ3n) is 3.70. The van der Waals surface area contributed by atoms with Crippen molar-refractivity contribution in [2.75, 3.05) is 13.7 Å². The molecule has 0 radical (unpaired) electrons. The van der Waals surface area contributed by atoms with Crippen LogP contribution in [0, 0.1) is 11.7 Å². The minimum Gasteiger partial charge on any atom is -0.379 e. The molecule has 0 aliphatic heterocycles. The Labute approximate surface area is 133 Å². The van der Waals surface area contributed by atoms with Crippen LogP contribution < -0.4 is 5.32 Å². The lowest BCUT2D eigenvalue weighted by atomic mass is 9.97. The van der Waals surface area contributed by atoms with Crippen molar-refractivity contribution in [3.8, 4) is 0 Å². The van der Waals surface area contributed by atoms with Gasteiger partial charge in [-0.25, -0.2) is 4.39 Å². The van der Waals surface area contributed by atoms with Gasteiger partial charge in [0.1, 0.15) is 5.82 Å². The van der Waals surface area contributed by atoms with Crippen LogP contribution in [0.2, 0.25) is 5.02 Å². The smallest absolute Gasteiger partial charge is 0.147 e. The first-order valence-corrected chi connectivity index (χ1v) is 8.16. The topological polar surface area (TPSA) is 21.3 Å². The van der Waals surface area contributed by atoms with Crippen molar-refractivity contribution in [1.82, 2.24) is 5.32 Å². The van der Waals surface area contributed by atoms with Crippen molar-refractivity contribution in [1.29, 1.82) is 0 Å². The molecule has 1 saturated carbocycles. The normalized spacial score (nSPS) is 18.1. The highest BCUT2D eigenvalue weighted by atomic mass is 79.9. The van der Waals surface area contributed by atoms with E-state index in [-0.39, 0.29) is 23.0 Å². The maximum Gasteiger partial charge on any atom is 0.147 e. The van der Waals surface area contributed by atoms with Crippen molar-refractivity contribution in [3.05, 3.63) is 33.0 Å². The molecule has 0 bridgehead atoms. The lowest BCUT2D eigenvalue weighted by Crippen LogP contribution is -2.36. The van der Waals surface area contributed by atoms with Gasteiger partial charge in [0, 0.05) is 17.1 Å². The average Bonchev–Trinajstić information content (AvgIpc) is 3.26. The Hall–Kier alpha value is -0.160. The Balaban J connectivity index is 2.32. The number of nitrogens with one attached hydrogen (secondary N) is 1. The van der Waals surface area contributed by atoms with Crippen LogP contribution in [0.3, 0.4) is 0 Å². The summed E-state index contributed by atoms with van der Waals surface area (Å²) in [4.78, 5) is 0. The SMILES string of the molecule is CCCNC(c1ccc(Br)c(Cl)c1F)C(OC)C1CC1. The fraction of sp³-hybridized carbons (Fsp3) is 0.600. The zero-order chi connectivity index (χ0) is 14.7. The van der Waals surface area contributed by atoms with Crippen molar-refractivity contribution >= 4 is 27.5 Å². The summed E-state index contributed by atoms with van der Waals surface area (Å²) in [6.45, 7) is 2.91. The number of halogens is 3. The Kier molecular flexibility index (Phi) is 5.84. The largest absolute Gasteiger partial charge is 0.379 e. The summed E-state index contributed by atoms with van der Waals surface area (Å²) >= 11 is 9.27. The molecule has 1 aromatic rings. The van der Waals surface area contributed by atoms with Gasteiger partial charge in [-0.1, -0.05) is 24.6 Å². The van der Waals surface area contributed by atoms with Gasteiger partial charge in [0.05, 0.1) is 17.2 Å². The zero-order valence-electron chi connectivity index (χ0n) is 11.8. The number of hydrogen-bond acceptors (Lipinski definition) is 2. The molecular weight excluding hydrogens is 345 g/mol. The molecule has 112 valence electrons. The molecule has 0 amide bonds. The van der Waals surface area contributed by atoms with Gasteiger partial charge in [-0.15, -0.1) is 0 Å². The second-order valence-corrected chi connectivity index (χ2v) is 6.47. The molecule has 0 aromatic heterocycles. The maximum atomic E-state index is 14.5. The quantitative estimate of drug-likeness (QED) is 0.708. The monoisotopic (exact) mass is 363 g/mol. The fourth-order valence-electron chi connectivity index (χ4n) is 2.51. The van der Waals surface area contributed by atoms with E-state index in [2.05, 4.69) is 28.2 Å². The molecule has 0 spiro atoms. The molecule has 2 nitrogen and oxygen atoms in total. The van der Waals surface area contributed by atoms with Gasteiger partial charge in [-0.2, -0.15) is 0 Å². The molecule has 2 atom stereocenters. The molecule has 2 rings (SSSR count). The second kappa shape index (κ2) is 7.21. The third kappa shape index (κ3) is 3.53. The van der Waals surface area contributed by atoms with Gasteiger partial charge >= 0.3 is 0 Å². The second-order valence-electron chi connectivity index (χ2n) is 5.23. The van der Waals surface area contributed by atoms with Gasteiger partial charge < -0.3 is 10.1 Å². The number of rotatable bonds is 7. The van der Waals surface area contributed by atoms with E-state index in [9.17, 15) is 4.39 Å². The van der Waals surface area contributed by atoms with Gasteiger partial charge in [0.2, 0.25) is 0 Å². The molecule has 20 heavy (non-hydrogen) atoms. The molecule has 0 heterocycles. The zero-order valence-corrected chi connectivity index (χ0v) is 14.1. The summed E-state index contributed by atoms with van der Waals surface area (Å²) in [7, 11) is 1.70. The van der Waals surface area contributed by atoms with E-state index in [0.717, 1.165) is 25.8 Å². The Morgan fingerprint density at radius 2 is 2.20 bits per heavy atom. The minimum atomic E-state index is -0.364. The lowest BCUT2D eigenvalue weighted by Gasteiger charge is -2.28. The molecular formula is C15H20BrClFNO. The van der Waals surface area contributed by atoms with E-state index in [1.54, 1.807) is 19.2 Å². The average molecular weight is 365 g/mol. The van der Waals surface area contributed by atoms with Crippen molar-refractivity contribution in [2.45, 2.75) is 38.3 Å². The number of hydrogen-bond donors (Lipinski definition) is 1. The van der Waals surface area contributed by atoms with E-state index < -0.39 is 0 Å². The standard InChI is InChI=1S/C15H20BrClFNO/c1-3-8-19-14(15(20-2)9-4-5-9)10-6-7-11(16)12(17)13(10)18/h6-7,9,14-15,19H,3-5,8H2,1-2H3. The summed E-state index contributed by atoms with van der Waals surface area (Å²) < 4.78 is 20.7. The first-order valence-electron chi connectivity index (χ1n) is 6.99. The van der Waals surface area contributed by atoms with E-state index in [1.165, 1.54) is 0 Å². The molecule has 1 aromatic carbocycles. The molecule has 0 saturated heterocycles. The molecule has 2 unspecified atom stereocenters. The summed E-state index contributed by atoms with van der Waals surface area (Å²) in [6.07, 6.45) is 3.28. The van der Waals surface area contributed by atoms with Crippen LogP contribution in [0.25, 0.3) is 0 Å². The van der Waals surface area contributed by atoms with Crippen LogP contribution in [0.15, 0.2) is 16.6 Å². The van der Waals surface area contributed by atoms with Crippen molar-refractivity contribution in [3.63, 3.8) is 0 Å². The van der Waals surface area contributed by atoms with Crippen LogP contribution in [0.1, 0.15) is 37.8 Å². The molecule has 1 fully saturated rings. The molecule has 1 aliphatic rings. The highest BCUT2D eigenvalue weighted by Crippen LogP contribution is 2.41. The molecule has 1 N–H and O–H groups in total. The highest BCUT2D eigenvalue weighted by molar-refractivity contribution is 9.10. The van der Waals surface area contributed by atoms with Crippen molar-refractivity contribution < 1.29 is 9.13 Å². The van der Waals surface area contributed by atoms with Crippen LogP contribution >= 0.6 is 27.5 Å².